The van der Waals surface area contributed by atoms with E-state index in [9.17, 15) is 0 Å². The summed E-state index contributed by atoms with van der Waals surface area (Å²) in [5.74, 6) is 2.33. The maximum atomic E-state index is 5.74. The molecule has 1 unspecified atom stereocenters. The summed E-state index contributed by atoms with van der Waals surface area (Å²) >= 11 is 0. The Bertz CT molecular complexity index is 735. The number of hydrogen-bond donors (Lipinski definition) is 2. The van der Waals surface area contributed by atoms with E-state index in [1.807, 2.05) is 50.4 Å². The maximum absolute atomic E-state index is 5.74. The number of guanidine groups is 1. The largest absolute Gasteiger partial charge is 0.490 e. The molecule has 0 amide bonds. The van der Waals surface area contributed by atoms with Gasteiger partial charge in [0.1, 0.15) is 0 Å². The first-order valence-electron chi connectivity index (χ1n) is 10.0. The predicted octanol–water partition coefficient (Wildman–Crippen LogP) is 3.74. The fourth-order valence-electron chi connectivity index (χ4n) is 2.77. The molecule has 6 nitrogen and oxygen atoms in total. The molecule has 0 bridgehead atoms. The van der Waals surface area contributed by atoms with Crippen LogP contribution in [-0.4, -0.2) is 37.2 Å². The number of rotatable bonds is 10. The molecule has 0 saturated heterocycles. The van der Waals surface area contributed by atoms with Crippen molar-refractivity contribution in [3.8, 4) is 11.5 Å². The Hall–Kier alpha value is -2.76. The van der Waals surface area contributed by atoms with Gasteiger partial charge >= 0.3 is 0 Å². The minimum atomic E-state index is 0.0718. The van der Waals surface area contributed by atoms with Gasteiger partial charge in [-0.3, -0.25) is 9.98 Å². The monoisotopic (exact) mass is 384 g/mol. The first-order chi connectivity index (χ1) is 13.7. The molecule has 0 saturated carbocycles. The van der Waals surface area contributed by atoms with E-state index in [1.165, 1.54) is 0 Å². The van der Waals surface area contributed by atoms with Crippen molar-refractivity contribution >= 4 is 5.96 Å². The zero-order valence-corrected chi connectivity index (χ0v) is 17.4. The molecule has 0 aliphatic rings. The summed E-state index contributed by atoms with van der Waals surface area (Å²) in [6.07, 6.45) is 2.62. The quantitative estimate of drug-likeness (QED) is 0.482. The van der Waals surface area contributed by atoms with Gasteiger partial charge in [0.2, 0.25) is 0 Å². The van der Waals surface area contributed by atoms with Gasteiger partial charge in [0, 0.05) is 31.4 Å². The molecule has 152 valence electrons. The predicted molar refractivity (Wildman–Crippen MR) is 114 cm³/mol. The summed E-state index contributed by atoms with van der Waals surface area (Å²) in [5, 5.41) is 6.77. The normalized spacial score (nSPS) is 12.4. The van der Waals surface area contributed by atoms with Crippen molar-refractivity contribution in [1.82, 2.24) is 15.6 Å². The van der Waals surface area contributed by atoms with Gasteiger partial charge in [-0.05, 0) is 57.5 Å². The smallest absolute Gasteiger partial charge is 0.191 e. The van der Waals surface area contributed by atoms with Crippen LogP contribution in [-0.2, 0) is 6.42 Å². The van der Waals surface area contributed by atoms with Gasteiger partial charge in [-0.2, -0.15) is 0 Å². The summed E-state index contributed by atoms with van der Waals surface area (Å²) < 4.78 is 11.4. The number of aromatic nitrogens is 1. The maximum Gasteiger partial charge on any atom is 0.191 e. The Morgan fingerprint density at radius 3 is 2.54 bits per heavy atom. The molecule has 0 aliphatic heterocycles. The lowest BCUT2D eigenvalue weighted by Crippen LogP contribution is -2.38. The van der Waals surface area contributed by atoms with E-state index in [-0.39, 0.29) is 6.04 Å². The third-order valence-electron chi connectivity index (χ3n) is 4.13. The standard InChI is InChI=1S/C22H32N4O2/c1-5-23-22(25-15-13-19-10-8-9-14-24-19)26-17(4)18-11-12-20(27-6-2)21(16-18)28-7-3/h8-12,14,16-17H,5-7,13,15H2,1-4H3,(H2,23,25,26). The van der Waals surface area contributed by atoms with E-state index in [4.69, 9.17) is 9.47 Å². The molecule has 1 aromatic carbocycles. The van der Waals surface area contributed by atoms with Crippen molar-refractivity contribution in [3.05, 3.63) is 53.9 Å². The molecule has 0 aliphatic carbocycles. The first kappa shape index (κ1) is 21.5. The molecule has 1 aromatic heterocycles. The van der Waals surface area contributed by atoms with Gasteiger partial charge in [-0.25, -0.2) is 0 Å². The highest BCUT2D eigenvalue weighted by molar-refractivity contribution is 5.80. The fraction of sp³-hybridized carbons (Fsp3) is 0.455. The lowest BCUT2D eigenvalue weighted by Gasteiger charge is -2.20. The van der Waals surface area contributed by atoms with Crippen LogP contribution in [0.2, 0.25) is 0 Å². The molecule has 2 rings (SSSR count). The van der Waals surface area contributed by atoms with Crippen molar-refractivity contribution < 1.29 is 9.47 Å². The van der Waals surface area contributed by atoms with Crippen LogP contribution < -0.4 is 20.1 Å². The van der Waals surface area contributed by atoms with E-state index in [0.29, 0.717) is 19.8 Å². The van der Waals surface area contributed by atoms with E-state index >= 15 is 0 Å². The van der Waals surface area contributed by atoms with Crippen molar-refractivity contribution in [2.45, 2.75) is 40.2 Å². The molecule has 2 N–H and O–H groups in total. The van der Waals surface area contributed by atoms with E-state index < -0.39 is 0 Å². The van der Waals surface area contributed by atoms with Crippen LogP contribution in [0.3, 0.4) is 0 Å². The molecule has 1 heterocycles. The van der Waals surface area contributed by atoms with Crippen molar-refractivity contribution in [3.63, 3.8) is 0 Å². The second kappa shape index (κ2) is 11.8. The Morgan fingerprint density at radius 1 is 1.07 bits per heavy atom. The molecule has 28 heavy (non-hydrogen) atoms. The topological polar surface area (TPSA) is 67.8 Å². The number of hydrogen-bond acceptors (Lipinski definition) is 4. The van der Waals surface area contributed by atoms with Gasteiger partial charge in [-0.15, -0.1) is 0 Å². The molecular weight excluding hydrogens is 352 g/mol. The van der Waals surface area contributed by atoms with Crippen LogP contribution in [0.5, 0.6) is 11.5 Å². The lowest BCUT2D eigenvalue weighted by molar-refractivity contribution is 0.287. The Labute approximate surface area is 168 Å². The third kappa shape index (κ3) is 6.76. The van der Waals surface area contributed by atoms with Gasteiger partial charge in [0.15, 0.2) is 17.5 Å². The highest BCUT2D eigenvalue weighted by Gasteiger charge is 2.12. The van der Waals surface area contributed by atoms with E-state index in [2.05, 4.69) is 40.5 Å². The van der Waals surface area contributed by atoms with Crippen LogP contribution in [0.25, 0.3) is 0 Å². The summed E-state index contributed by atoms with van der Waals surface area (Å²) in [6, 6.07) is 12.1. The zero-order valence-electron chi connectivity index (χ0n) is 17.4. The summed E-state index contributed by atoms with van der Waals surface area (Å²) in [7, 11) is 0. The second-order valence-electron chi connectivity index (χ2n) is 6.27. The number of ether oxygens (including phenoxy) is 2. The van der Waals surface area contributed by atoms with Gasteiger partial charge < -0.3 is 20.1 Å². The molecule has 6 heteroatoms. The molecule has 0 radical (unpaired) electrons. The molecule has 2 aromatic rings. The Kier molecular flexibility index (Phi) is 9.11. The number of nitrogens with one attached hydrogen (secondary N) is 2. The van der Waals surface area contributed by atoms with Crippen LogP contribution in [0.15, 0.2) is 47.6 Å². The number of benzene rings is 1. The van der Waals surface area contributed by atoms with Crippen molar-refractivity contribution in [2.24, 2.45) is 4.99 Å². The van der Waals surface area contributed by atoms with Crippen molar-refractivity contribution in [1.29, 1.82) is 0 Å². The van der Waals surface area contributed by atoms with Gasteiger partial charge in [0.25, 0.3) is 0 Å². The average molecular weight is 385 g/mol. The van der Waals surface area contributed by atoms with Crippen LogP contribution >= 0.6 is 0 Å². The summed E-state index contributed by atoms with van der Waals surface area (Å²) in [5.41, 5.74) is 2.16. The third-order valence-corrected chi connectivity index (χ3v) is 4.13. The first-order valence-corrected chi connectivity index (χ1v) is 10.0. The molecule has 1 atom stereocenters. The van der Waals surface area contributed by atoms with Crippen molar-refractivity contribution in [2.75, 3.05) is 26.3 Å². The number of nitrogens with zero attached hydrogens (tertiary/aromatic N) is 2. The zero-order chi connectivity index (χ0) is 20.2. The minimum Gasteiger partial charge on any atom is -0.490 e. The summed E-state index contributed by atoms with van der Waals surface area (Å²) in [6.45, 7) is 10.8. The Balaban J connectivity index is 2.04. The summed E-state index contributed by atoms with van der Waals surface area (Å²) in [4.78, 5) is 9.02. The second-order valence-corrected chi connectivity index (χ2v) is 6.27. The van der Waals surface area contributed by atoms with Gasteiger partial charge in [0.05, 0.1) is 19.3 Å². The molecular formula is C22H32N4O2. The molecule has 0 fully saturated rings. The van der Waals surface area contributed by atoms with Crippen LogP contribution in [0, 0.1) is 0 Å². The van der Waals surface area contributed by atoms with Crippen LogP contribution in [0.4, 0.5) is 0 Å². The number of aliphatic imine (C=N–C) groups is 1. The highest BCUT2D eigenvalue weighted by atomic mass is 16.5. The lowest BCUT2D eigenvalue weighted by atomic mass is 10.1. The van der Waals surface area contributed by atoms with E-state index in [0.717, 1.165) is 41.7 Å². The Morgan fingerprint density at radius 2 is 1.86 bits per heavy atom. The SMILES string of the molecule is CCNC(=NCCc1ccccn1)NC(C)c1ccc(OCC)c(OCC)c1. The highest BCUT2D eigenvalue weighted by Crippen LogP contribution is 2.30. The van der Waals surface area contributed by atoms with E-state index in [1.54, 1.807) is 0 Å². The van der Waals surface area contributed by atoms with Crippen LogP contribution in [0.1, 0.15) is 45.0 Å². The molecule has 0 spiro atoms. The number of pyridine rings is 1. The fourth-order valence-corrected chi connectivity index (χ4v) is 2.77. The minimum absolute atomic E-state index is 0.0718. The van der Waals surface area contributed by atoms with Gasteiger partial charge in [-0.1, -0.05) is 12.1 Å². The average Bonchev–Trinajstić information content (AvgIpc) is 2.70.